The van der Waals surface area contributed by atoms with Crippen LogP contribution in [0.1, 0.15) is 48.0 Å². The Balaban J connectivity index is 2.37. The van der Waals surface area contributed by atoms with Crippen LogP contribution in [-0.2, 0) is 9.53 Å². The highest BCUT2D eigenvalue weighted by molar-refractivity contribution is 6.05. The fourth-order valence-electron chi connectivity index (χ4n) is 3.17. The number of carbonyl (C=O) groups excluding carboxylic acids is 1. The molecule has 1 atom stereocenters. The predicted octanol–water partition coefficient (Wildman–Crippen LogP) is 4.80. The van der Waals surface area contributed by atoms with Crippen LogP contribution < -0.4 is 10.1 Å². The van der Waals surface area contributed by atoms with E-state index in [4.69, 9.17) is 9.47 Å². The van der Waals surface area contributed by atoms with E-state index in [2.05, 4.69) is 24.1 Å². The van der Waals surface area contributed by atoms with Crippen LogP contribution in [0.5, 0.6) is 5.75 Å². The lowest BCUT2D eigenvalue weighted by Crippen LogP contribution is -2.44. The summed E-state index contributed by atoms with van der Waals surface area (Å²) in [5.41, 5.74) is 0.578. The number of hydrogen-bond acceptors (Lipinski definition) is 4. The highest BCUT2D eigenvalue weighted by Crippen LogP contribution is 2.32. The fraction of sp³-hybridized carbons (Fsp3) is 0.524. The summed E-state index contributed by atoms with van der Waals surface area (Å²) < 4.78 is 11.7. The maximum Gasteiger partial charge on any atom is 0.256 e. The Morgan fingerprint density at radius 1 is 1.23 bits per heavy atom. The Kier molecular flexibility index (Phi) is 6.59. The van der Waals surface area contributed by atoms with Gasteiger partial charge in [-0.15, -0.1) is 0 Å². The van der Waals surface area contributed by atoms with Gasteiger partial charge in [0.2, 0.25) is 0 Å². The van der Waals surface area contributed by atoms with E-state index in [0.717, 1.165) is 10.9 Å². The van der Waals surface area contributed by atoms with Crippen molar-refractivity contribution in [2.75, 3.05) is 11.9 Å². The van der Waals surface area contributed by atoms with Gasteiger partial charge in [-0.2, -0.15) is 0 Å². The first-order valence-corrected chi connectivity index (χ1v) is 9.26. The molecule has 5 heteroatoms. The van der Waals surface area contributed by atoms with Crippen molar-refractivity contribution in [2.24, 2.45) is 5.92 Å². The lowest BCUT2D eigenvalue weighted by atomic mass is 9.93. The number of aromatic nitrogens is 1. The molecule has 0 aliphatic rings. The van der Waals surface area contributed by atoms with E-state index in [1.807, 2.05) is 52.0 Å². The maximum atomic E-state index is 13.0. The highest BCUT2D eigenvalue weighted by atomic mass is 16.5. The third-order valence-corrected chi connectivity index (χ3v) is 4.08. The zero-order valence-corrected chi connectivity index (χ0v) is 16.6. The van der Waals surface area contributed by atoms with Crippen LogP contribution in [0.25, 0.3) is 10.9 Å². The van der Waals surface area contributed by atoms with E-state index in [-0.39, 0.29) is 12.0 Å². The van der Waals surface area contributed by atoms with Gasteiger partial charge in [0.1, 0.15) is 16.9 Å². The lowest BCUT2D eigenvalue weighted by molar-refractivity contribution is -0.140. The molecule has 0 fully saturated rings. The minimum atomic E-state index is -0.870. The predicted molar refractivity (Wildman–Crippen MR) is 106 cm³/mol. The second kappa shape index (κ2) is 8.49. The Bertz CT molecular complexity index is 758. The van der Waals surface area contributed by atoms with Crippen LogP contribution in [0.15, 0.2) is 30.5 Å². The van der Waals surface area contributed by atoms with Crippen molar-refractivity contribution in [2.45, 2.75) is 59.7 Å². The van der Waals surface area contributed by atoms with Gasteiger partial charge in [-0.3, -0.25) is 9.78 Å². The maximum absolute atomic E-state index is 13.0. The molecule has 0 saturated heterocycles. The van der Waals surface area contributed by atoms with Crippen LogP contribution in [0.2, 0.25) is 0 Å². The van der Waals surface area contributed by atoms with E-state index in [1.54, 1.807) is 6.20 Å². The highest BCUT2D eigenvalue weighted by Gasteiger charge is 2.35. The van der Waals surface area contributed by atoms with Gasteiger partial charge in [0.05, 0.1) is 11.8 Å². The minimum absolute atomic E-state index is 0.0490. The molecule has 26 heavy (non-hydrogen) atoms. The van der Waals surface area contributed by atoms with Gasteiger partial charge < -0.3 is 14.8 Å². The number of carbonyl (C=O) groups is 1. The molecule has 2 aromatic rings. The first kappa shape index (κ1) is 20.2. The molecule has 1 aromatic carbocycles. The van der Waals surface area contributed by atoms with Gasteiger partial charge in [-0.05, 0) is 64.3 Å². The Morgan fingerprint density at radius 3 is 2.58 bits per heavy atom. The number of nitrogens with zero attached hydrogens (tertiary/aromatic N) is 1. The summed E-state index contributed by atoms with van der Waals surface area (Å²) in [6.45, 7) is 12.4. The number of anilines is 1. The molecule has 5 nitrogen and oxygen atoms in total. The molecule has 0 bridgehead atoms. The Hall–Kier alpha value is -2.14. The second-order valence-electron chi connectivity index (χ2n) is 7.39. The topological polar surface area (TPSA) is 60.5 Å². The molecule has 1 heterocycles. The largest absolute Gasteiger partial charge is 0.489 e. The number of ether oxygens (including phenoxy) is 2. The van der Waals surface area contributed by atoms with Crippen molar-refractivity contribution in [3.63, 3.8) is 0 Å². The summed E-state index contributed by atoms with van der Waals surface area (Å²) in [5, 5.41) is 3.89. The van der Waals surface area contributed by atoms with Gasteiger partial charge in [-0.1, -0.05) is 13.8 Å². The van der Waals surface area contributed by atoms with Crippen molar-refractivity contribution < 1.29 is 14.3 Å². The van der Waals surface area contributed by atoms with Gasteiger partial charge in [0, 0.05) is 18.2 Å². The van der Waals surface area contributed by atoms with Crippen molar-refractivity contribution in [3.8, 4) is 5.75 Å². The van der Waals surface area contributed by atoms with E-state index in [9.17, 15) is 4.79 Å². The lowest BCUT2D eigenvalue weighted by Gasteiger charge is -2.30. The van der Waals surface area contributed by atoms with Crippen LogP contribution >= 0.6 is 0 Å². The molecule has 1 unspecified atom stereocenters. The van der Waals surface area contributed by atoms with Crippen LogP contribution in [0.3, 0.4) is 0 Å². The molecule has 142 valence electrons. The molecule has 0 aliphatic heterocycles. The molecule has 1 aromatic heterocycles. The summed E-state index contributed by atoms with van der Waals surface area (Å²) in [5.74, 6) is 0.914. The van der Waals surface area contributed by atoms with Crippen LogP contribution in [-0.4, -0.2) is 29.2 Å². The average molecular weight is 358 g/mol. The number of nitrogens with one attached hydrogen (secondary N) is 1. The summed E-state index contributed by atoms with van der Waals surface area (Å²) in [4.78, 5) is 17.4. The van der Waals surface area contributed by atoms with E-state index in [0.29, 0.717) is 30.4 Å². The number of fused-ring (bicyclic) bond motifs is 1. The third kappa shape index (κ3) is 4.73. The van der Waals surface area contributed by atoms with Crippen molar-refractivity contribution >= 4 is 22.5 Å². The molecule has 1 amide bonds. The zero-order chi connectivity index (χ0) is 19.3. The number of hydrogen-bond donors (Lipinski definition) is 1. The summed E-state index contributed by atoms with van der Waals surface area (Å²) in [6.07, 6.45) is 2.43. The molecule has 0 radical (unpaired) electrons. The standard InChI is InChI=1S/C21H30N2O3/c1-7-25-21(6,13-14(2)3)20(24)23-17-10-11-18(26-15(4)5)19-16(17)9-8-12-22-19/h8-12,14-15H,7,13H2,1-6H3,(H,23,24). The summed E-state index contributed by atoms with van der Waals surface area (Å²) >= 11 is 0. The van der Waals surface area contributed by atoms with Gasteiger partial charge in [0.15, 0.2) is 0 Å². The number of rotatable bonds is 8. The van der Waals surface area contributed by atoms with Gasteiger partial charge in [0.25, 0.3) is 5.91 Å². The molecule has 1 N–H and O–H groups in total. The van der Waals surface area contributed by atoms with Crippen LogP contribution in [0, 0.1) is 5.92 Å². The Labute approximate surface area is 156 Å². The molecular weight excluding hydrogens is 328 g/mol. The molecule has 0 aliphatic carbocycles. The second-order valence-corrected chi connectivity index (χ2v) is 7.39. The van der Waals surface area contributed by atoms with Gasteiger partial charge >= 0.3 is 0 Å². The minimum Gasteiger partial charge on any atom is -0.489 e. The fourth-order valence-corrected chi connectivity index (χ4v) is 3.17. The van der Waals surface area contributed by atoms with Crippen LogP contribution in [0.4, 0.5) is 5.69 Å². The third-order valence-electron chi connectivity index (χ3n) is 4.08. The van der Waals surface area contributed by atoms with E-state index < -0.39 is 5.60 Å². The van der Waals surface area contributed by atoms with Crippen molar-refractivity contribution in [3.05, 3.63) is 30.5 Å². The normalized spacial score (nSPS) is 13.8. The van der Waals surface area contributed by atoms with Crippen molar-refractivity contribution in [1.29, 1.82) is 0 Å². The van der Waals surface area contributed by atoms with Gasteiger partial charge in [-0.25, -0.2) is 0 Å². The average Bonchev–Trinajstić information content (AvgIpc) is 2.56. The summed E-state index contributed by atoms with van der Waals surface area (Å²) in [7, 11) is 0. The first-order valence-electron chi connectivity index (χ1n) is 9.26. The van der Waals surface area contributed by atoms with Crippen molar-refractivity contribution in [1.82, 2.24) is 4.98 Å². The van der Waals surface area contributed by atoms with E-state index in [1.165, 1.54) is 0 Å². The molecular formula is C21H30N2O3. The summed E-state index contributed by atoms with van der Waals surface area (Å²) in [6, 6.07) is 7.51. The SMILES string of the molecule is CCOC(C)(CC(C)C)C(=O)Nc1ccc(OC(C)C)c2ncccc12. The van der Waals surface area contributed by atoms with E-state index >= 15 is 0 Å². The zero-order valence-electron chi connectivity index (χ0n) is 16.6. The number of pyridine rings is 1. The monoisotopic (exact) mass is 358 g/mol. The molecule has 2 rings (SSSR count). The Morgan fingerprint density at radius 2 is 1.96 bits per heavy atom. The molecule has 0 spiro atoms. The quantitative estimate of drug-likeness (QED) is 0.736. The number of amides is 1. The number of benzene rings is 1. The first-order chi connectivity index (χ1) is 12.3. The smallest absolute Gasteiger partial charge is 0.256 e. The molecule has 0 saturated carbocycles.